The minimum Gasteiger partial charge on any atom is -0.493 e. The molecule has 8 heteroatoms. The van der Waals surface area contributed by atoms with Gasteiger partial charge in [-0.25, -0.2) is 4.79 Å². The maximum absolute atomic E-state index is 10.9. The Morgan fingerprint density at radius 1 is 1.32 bits per heavy atom. The van der Waals surface area contributed by atoms with Crippen molar-refractivity contribution in [2.24, 2.45) is 16.0 Å². The van der Waals surface area contributed by atoms with Gasteiger partial charge in [-0.05, 0) is 45.9 Å². The van der Waals surface area contributed by atoms with E-state index < -0.39 is 6.03 Å². The summed E-state index contributed by atoms with van der Waals surface area (Å²) in [6.45, 7) is 9.83. The van der Waals surface area contributed by atoms with Crippen LogP contribution in [0.3, 0.4) is 0 Å². The molecule has 0 aliphatic heterocycles. The Morgan fingerprint density at radius 3 is 2.52 bits per heavy atom. The topological polar surface area (TPSA) is 96.2 Å². The fraction of sp³-hybridized carbons (Fsp3) is 0.471. The van der Waals surface area contributed by atoms with E-state index in [0.29, 0.717) is 29.0 Å². The molecule has 2 rings (SSSR count). The van der Waals surface area contributed by atoms with E-state index in [1.54, 1.807) is 22.8 Å². The fourth-order valence-corrected chi connectivity index (χ4v) is 3.21. The van der Waals surface area contributed by atoms with Crippen molar-refractivity contribution in [3.8, 4) is 5.88 Å². The number of hydrogen-bond acceptors (Lipinski definition) is 4. The Kier molecular flexibility index (Phi) is 6.02. The van der Waals surface area contributed by atoms with Gasteiger partial charge in [0.1, 0.15) is 0 Å². The summed E-state index contributed by atoms with van der Waals surface area (Å²) in [6.07, 6.45) is 0. The molecule has 0 atom stereocenters. The predicted octanol–water partition coefficient (Wildman–Crippen LogP) is 4.28. The predicted molar refractivity (Wildman–Crippen MR) is 99.7 cm³/mol. The Hall–Kier alpha value is -2.12. The number of nitrogens with zero attached hydrogens (tertiary/aromatic N) is 4. The lowest BCUT2D eigenvalue weighted by Crippen LogP contribution is -2.39. The van der Waals surface area contributed by atoms with Crippen LogP contribution < -0.4 is 5.73 Å². The smallest absolute Gasteiger partial charge is 0.356 e. The van der Waals surface area contributed by atoms with Crippen LogP contribution in [-0.2, 0) is 6.54 Å². The van der Waals surface area contributed by atoms with E-state index in [0.717, 1.165) is 12.1 Å². The molecule has 1 aromatic carbocycles. The average molecular weight is 366 g/mol. The first-order chi connectivity index (χ1) is 11.7. The molecular weight excluding hydrogens is 342 g/mol. The van der Waals surface area contributed by atoms with E-state index in [2.05, 4.69) is 42.8 Å². The molecule has 0 saturated carbocycles. The second kappa shape index (κ2) is 7.84. The molecule has 2 amide bonds. The first kappa shape index (κ1) is 19.2. The number of urea groups is 1. The van der Waals surface area contributed by atoms with Gasteiger partial charge in [-0.1, -0.05) is 16.7 Å². The highest BCUT2D eigenvalue weighted by Gasteiger charge is 2.19. The number of halogens is 1. The summed E-state index contributed by atoms with van der Waals surface area (Å²) >= 11 is 6.11. The monoisotopic (exact) mass is 365 g/mol. The number of azo groups is 1. The van der Waals surface area contributed by atoms with Gasteiger partial charge in [0.2, 0.25) is 5.88 Å². The number of carbonyl (C=O) groups is 1. The molecule has 3 N–H and O–H groups in total. The van der Waals surface area contributed by atoms with Crippen LogP contribution in [-0.4, -0.2) is 39.2 Å². The standard InChI is InChI=1S/C17H24ClN5O2/c1-10(2)22(11(3)4)7-8-23-14-9-12(18)5-6-13(14)15(16(23)24)20-21-17(19)25/h5-6,9-11,24H,7-8H2,1-4H3,(H2,19,25). The number of hydrogen-bond donors (Lipinski definition) is 2. The Bertz CT molecular complexity index is 790. The lowest BCUT2D eigenvalue weighted by Gasteiger charge is -2.30. The van der Waals surface area contributed by atoms with Gasteiger partial charge in [-0.3, -0.25) is 4.90 Å². The zero-order valence-electron chi connectivity index (χ0n) is 14.9. The van der Waals surface area contributed by atoms with Crippen LogP contribution in [0.25, 0.3) is 10.9 Å². The number of carbonyl (C=O) groups excluding carboxylic acids is 1. The third-order valence-corrected chi connectivity index (χ3v) is 4.37. The lowest BCUT2D eigenvalue weighted by molar-refractivity contribution is 0.167. The summed E-state index contributed by atoms with van der Waals surface area (Å²) in [7, 11) is 0. The van der Waals surface area contributed by atoms with Crippen molar-refractivity contribution in [3.63, 3.8) is 0 Å². The zero-order chi connectivity index (χ0) is 18.7. The molecular formula is C17H24ClN5O2. The molecule has 0 aliphatic rings. The minimum atomic E-state index is -0.917. The summed E-state index contributed by atoms with van der Waals surface area (Å²) in [6, 6.07) is 5.04. The molecule has 0 aliphatic carbocycles. The molecule has 1 heterocycles. The molecule has 2 aromatic rings. The minimum absolute atomic E-state index is 0.0604. The van der Waals surface area contributed by atoms with Gasteiger partial charge in [0.15, 0.2) is 5.69 Å². The van der Waals surface area contributed by atoms with Crippen LogP contribution in [0.4, 0.5) is 10.5 Å². The molecule has 136 valence electrons. The van der Waals surface area contributed by atoms with Crippen LogP contribution in [0.2, 0.25) is 5.02 Å². The fourth-order valence-electron chi connectivity index (χ4n) is 3.04. The van der Waals surface area contributed by atoms with Crippen LogP contribution in [0.15, 0.2) is 28.4 Å². The SMILES string of the molecule is CC(C)N(CCn1c(O)c(N=NC(N)=O)c2ccc(Cl)cc21)C(C)C. The third kappa shape index (κ3) is 4.29. The second-order valence-electron chi connectivity index (χ2n) is 6.45. The Labute approximate surface area is 152 Å². The summed E-state index contributed by atoms with van der Waals surface area (Å²) in [5.74, 6) is -0.0604. The molecule has 0 bridgehead atoms. The van der Waals surface area contributed by atoms with Gasteiger partial charge in [0, 0.05) is 35.6 Å². The van der Waals surface area contributed by atoms with E-state index in [9.17, 15) is 9.90 Å². The van der Waals surface area contributed by atoms with E-state index in [1.165, 1.54) is 0 Å². The van der Waals surface area contributed by atoms with Gasteiger partial charge < -0.3 is 15.4 Å². The van der Waals surface area contributed by atoms with E-state index in [4.69, 9.17) is 17.3 Å². The van der Waals surface area contributed by atoms with Gasteiger partial charge >= 0.3 is 6.03 Å². The van der Waals surface area contributed by atoms with E-state index >= 15 is 0 Å². The van der Waals surface area contributed by atoms with E-state index in [1.807, 2.05) is 0 Å². The average Bonchev–Trinajstić information content (AvgIpc) is 2.76. The second-order valence-corrected chi connectivity index (χ2v) is 6.89. The molecule has 0 spiro atoms. The van der Waals surface area contributed by atoms with Crippen LogP contribution in [0.1, 0.15) is 27.7 Å². The van der Waals surface area contributed by atoms with Crippen molar-refractivity contribution < 1.29 is 9.90 Å². The summed E-state index contributed by atoms with van der Waals surface area (Å²) < 4.78 is 1.73. The van der Waals surface area contributed by atoms with Crippen molar-refractivity contribution in [1.29, 1.82) is 0 Å². The highest BCUT2D eigenvalue weighted by Crippen LogP contribution is 2.39. The summed E-state index contributed by atoms with van der Waals surface area (Å²) in [5, 5.41) is 19.0. The Morgan fingerprint density at radius 2 is 1.96 bits per heavy atom. The molecule has 0 radical (unpaired) electrons. The maximum Gasteiger partial charge on any atom is 0.356 e. The molecule has 0 saturated heterocycles. The first-order valence-electron chi connectivity index (χ1n) is 8.20. The third-order valence-electron chi connectivity index (χ3n) is 4.13. The number of benzene rings is 1. The number of amides is 2. The molecule has 25 heavy (non-hydrogen) atoms. The van der Waals surface area contributed by atoms with Gasteiger partial charge in [-0.15, -0.1) is 5.11 Å². The van der Waals surface area contributed by atoms with Crippen LogP contribution in [0, 0.1) is 0 Å². The van der Waals surface area contributed by atoms with Crippen molar-refractivity contribution in [3.05, 3.63) is 23.2 Å². The maximum atomic E-state index is 10.9. The summed E-state index contributed by atoms with van der Waals surface area (Å²) in [5.41, 5.74) is 5.96. The number of aromatic hydroxyl groups is 1. The molecule has 0 unspecified atom stereocenters. The number of aromatic nitrogens is 1. The van der Waals surface area contributed by atoms with E-state index in [-0.39, 0.29) is 11.6 Å². The van der Waals surface area contributed by atoms with Gasteiger partial charge in [-0.2, -0.15) is 0 Å². The molecule has 7 nitrogen and oxygen atoms in total. The lowest BCUT2D eigenvalue weighted by atomic mass is 10.2. The summed E-state index contributed by atoms with van der Waals surface area (Å²) in [4.78, 5) is 13.2. The first-order valence-corrected chi connectivity index (χ1v) is 8.57. The number of primary amides is 1. The van der Waals surface area contributed by atoms with Crippen molar-refractivity contribution >= 4 is 34.2 Å². The van der Waals surface area contributed by atoms with Crippen LogP contribution >= 0.6 is 11.6 Å². The van der Waals surface area contributed by atoms with Crippen molar-refractivity contribution in [1.82, 2.24) is 9.47 Å². The highest BCUT2D eigenvalue weighted by atomic mass is 35.5. The van der Waals surface area contributed by atoms with Crippen LogP contribution in [0.5, 0.6) is 5.88 Å². The molecule has 0 fully saturated rings. The van der Waals surface area contributed by atoms with Crippen molar-refractivity contribution in [2.45, 2.75) is 46.3 Å². The molecule has 1 aromatic heterocycles. The Balaban J connectivity index is 2.46. The highest BCUT2D eigenvalue weighted by molar-refractivity contribution is 6.31. The number of rotatable bonds is 6. The number of nitrogens with two attached hydrogens (primary N) is 1. The quantitative estimate of drug-likeness (QED) is 0.747. The van der Waals surface area contributed by atoms with Crippen molar-refractivity contribution in [2.75, 3.05) is 6.54 Å². The van der Waals surface area contributed by atoms with Gasteiger partial charge in [0.05, 0.1) is 5.52 Å². The largest absolute Gasteiger partial charge is 0.493 e. The zero-order valence-corrected chi connectivity index (χ0v) is 15.7. The van der Waals surface area contributed by atoms with Gasteiger partial charge in [0.25, 0.3) is 0 Å². The normalized spacial score (nSPS) is 12.3. The number of fused-ring (bicyclic) bond motifs is 1.